The van der Waals surface area contributed by atoms with Crippen molar-refractivity contribution in [2.75, 3.05) is 36.0 Å². The Hall–Kier alpha value is -3.57. The van der Waals surface area contributed by atoms with Gasteiger partial charge in [-0.25, -0.2) is 9.97 Å². The number of halogens is 1. The van der Waals surface area contributed by atoms with Gasteiger partial charge in [-0.2, -0.15) is 0 Å². The Labute approximate surface area is 198 Å². The fourth-order valence-electron chi connectivity index (χ4n) is 4.59. The predicted molar refractivity (Wildman–Crippen MR) is 133 cm³/mol. The number of aromatic nitrogens is 2. The fourth-order valence-corrected chi connectivity index (χ4v) is 4.78. The molecule has 0 aliphatic carbocycles. The summed E-state index contributed by atoms with van der Waals surface area (Å²) in [6.07, 6.45) is 0. The van der Waals surface area contributed by atoms with Gasteiger partial charge in [-0.05, 0) is 36.4 Å². The van der Waals surface area contributed by atoms with E-state index in [0.29, 0.717) is 11.6 Å². The zero-order chi connectivity index (χ0) is 22.2. The predicted octanol–water partition coefficient (Wildman–Crippen LogP) is 5.68. The van der Waals surface area contributed by atoms with Gasteiger partial charge in [0, 0.05) is 53.6 Å². The minimum Gasteiger partial charge on any atom is -0.488 e. The molecule has 2 aliphatic heterocycles. The Morgan fingerprint density at radius 1 is 0.727 bits per heavy atom. The van der Waals surface area contributed by atoms with Gasteiger partial charge in [0.2, 0.25) is 5.95 Å². The van der Waals surface area contributed by atoms with Gasteiger partial charge in [-0.15, -0.1) is 0 Å². The van der Waals surface area contributed by atoms with Crippen molar-refractivity contribution >= 4 is 23.2 Å². The van der Waals surface area contributed by atoms with Crippen molar-refractivity contribution in [1.82, 2.24) is 9.97 Å². The Morgan fingerprint density at radius 2 is 1.45 bits per heavy atom. The molecule has 6 heteroatoms. The molecule has 0 N–H and O–H groups in total. The van der Waals surface area contributed by atoms with E-state index in [1.807, 2.05) is 42.5 Å². The quantitative estimate of drug-likeness (QED) is 0.398. The summed E-state index contributed by atoms with van der Waals surface area (Å²) in [5.41, 5.74) is 6.08. The molecule has 1 aromatic heterocycles. The van der Waals surface area contributed by atoms with Crippen LogP contribution >= 0.6 is 11.6 Å². The Morgan fingerprint density at radius 3 is 2.27 bits per heavy atom. The highest BCUT2D eigenvalue weighted by Gasteiger charge is 2.27. The van der Waals surface area contributed by atoms with Gasteiger partial charge in [0.05, 0.1) is 11.4 Å². The van der Waals surface area contributed by atoms with Crippen molar-refractivity contribution in [1.29, 1.82) is 0 Å². The molecule has 0 bridgehead atoms. The number of para-hydroxylation sites is 2. The first kappa shape index (κ1) is 20.1. The van der Waals surface area contributed by atoms with Gasteiger partial charge in [-0.3, -0.25) is 0 Å². The molecular formula is C27H23ClN4O. The van der Waals surface area contributed by atoms with Crippen LogP contribution in [0.15, 0.2) is 78.9 Å². The minimum absolute atomic E-state index is 0.441. The fraction of sp³-hybridized carbons (Fsp3) is 0.185. The van der Waals surface area contributed by atoms with Crippen molar-refractivity contribution in [2.45, 2.75) is 6.61 Å². The molecule has 0 spiro atoms. The van der Waals surface area contributed by atoms with E-state index >= 15 is 0 Å². The highest BCUT2D eigenvalue weighted by atomic mass is 35.5. The molecule has 3 aromatic carbocycles. The number of anilines is 2. The number of benzene rings is 3. The molecule has 0 unspecified atom stereocenters. The van der Waals surface area contributed by atoms with E-state index in [2.05, 4.69) is 46.2 Å². The summed E-state index contributed by atoms with van der Waals surface area (Å²) in [6, 6.07) is 26.5. The normalized spacial score (nSPS) is 14.9. The third kappa shape index (κ3) is 3.79. The molecule has 0 saturated carbocycles. The third-order valence-corrected chi connectivity index (χ3v) is 6.53. The number of rotatable bonds is 3. The van der Waals surface area contributed by atoms with E-state index in [4.69, 9.17) is 26.3 Å². The number of nitrogens with zero attached hydrogens (tertiary/aromatic N) is 4. The molecule has 33 heavy (non-hydrogen) atoms. The maximum Gasteiger partial charge on any atom is 0.226 e. The van der Waals surface area contributed by atoms with Gasteiger partial charge in [0.15, 0.2) is 0 Å². The molecule has 3 heterocycles. The summed E-state index contributed by atoms with van der Waals surface area (Å²) in [5, 5.41) is 0.690. The van der Waals surface area contributed by atoms with Gasteiger partial charge < -0.3 is 14.5 Å². The van der Waals surface area contributed by atoms with Gasteiger partial charge in [-0.1, -0.05) is 54.1 Å². The van der Waals surface area contributed by atoms with E-state index in [1.54, 1.807) is 0 Å². The van der Waals surface area contributed by atoms with E-state index in [1.165, 1.54) is 5.69 Å². The first-order valence-corrected chi connectivity index (χ1v) is 11.6. The minimum atomic E-state index is 0.441. The number of ether oxygens (including phenoxy) is 1. The van der Waals surface area contributed by atoms with E-state index in [-0.39, 0.29) is 0 Å². The smallest absolute Gasteiger partial charge is 0.226 e. The number of piperazine rings is 1. The third-order valence-electron chi connectivity index (χ3n) is 6.29. The molecule has 1 saturated heterocycles. The Balaban J connectivity index is 1.40. The SMILES string of the molecule is Clc1cccc(-c2nc(N3CCN(c4ccccc4)CC3)nc3c2COc2ccccc2-3)c1. The first-order chi connectivity index (χ1) is 16.3. The summed E-state index contributed by atoms with van der Waals surface area (Å²) in [5.74, 6) is 1.62. The molecule has 2 aliphatic rings. The van der Waals surface area contributed by atoms with Crippen LogP contribution in [0.4, 0.5) is 11.6 Å². The van der Waals surface area contributed by atoms with Crippen LogP contribution < -0.4 is 14.5 Å². The monoisotopic (exact) mass is 454 g/mol. The van der Waals surface area contributed by atoms with Crippen molar-refractivity contribution < 1.29 is 4.74 Å². The maximum absolute atomic E-state index is 6.33. The Bertz CT molecular complexity index is 1300. The zero-order valence-electron chi connectivity index (χ0n) is 18.1. The average Bonchev–Trinajstić information content (AvgIpc) is 2.88. The largest absolute Gasteiger partial charge is 0.488 e. The van der Waals surface area contributed by atoms with E-state index < -0.39 is 0 Å². The molecule has 5 nitrogen and oxygen atoms in total. The highest BCUT2D eigenvalue weighted by Crippen LogP contribution is 2.41. The zero-order valence-corrected chi connectivity index (χ0v) is 18.9. The second-order valence-corrected chi connectivity index (χ2v) is 8.74. The molecular weight excluding hydrogens is 432 g/mol. The van der Waals surface area contributed by atoms with Crippen molar-refractivity contribution in [3.05, 3.63) is 89.4 Å². The number of fused-ring (bicyclic) bond motifs is 3. The summed E-state index contributed by atoms with van der Waals surface area (Å²) in [7, 11) is 0. The molecule has 164 valence electrons. The highest BCUT2D eigenvalue weighted by molar-refractivity contribution is 6.30. The lowest BCUT2D eigenvalue weighted by Gasteiger charge is -2.36. The first-order valence-electron chi connectivity index (χ1n) is 11.2. The summed E-state index contributed by atoms with van der Waals surface area (Å²) < 4.78 is 6.06. The van der Waals surface area contributed by atoms with Crippen LogP contribution in [0.25, 0.3) is 22.5 Å². The van der Waals surface area contributed by atoms with Crippen LogP contribution in [-0.4, -0.2) is 36.1 Å². The van der Waals surface area contributed by atoms with Gasteiger partial charge in [0.1, 0.15) is 12.4 Å². The molecule has 4 aromatic rings. The lowest BCUT2D eigenvalue weighted by molar-refractivity contribution is 0.301. The maximum atomic E-state index is 6.33. The molecule has 6 rings (SSSR count). The van der Waals surface area contributed by atoms with Crippen LogP contribution in [0.5, 0.6) is 5.75 Å². The number of hydrogen-bond donors (Lipinski definition) is 0. The molecule has 0 radical (unpaired) electrons. The summed E-state index contributed by atoms with van der Waals surface area (Å²) >= 11 is 6.33. The lowest BCUT2D eigenvalue weighted by Crippen LogP contribution is -2.47. The standard InChI is InChI=1S/C27H23ClN4O/c28-20-8-6-7-19(17-20)25-23-18-33-24-12-5-4-11-22(24)26(23)30-27(29-25)32-15-13-31(14-16-32)21-9-2-1-3-10-21/h1-12,17H,13-16,18H2. The molecule has 0 amide bonds. The molecule has 1 fully saturated rings. The van der Waals surface area contributed by atoms with Crippen LogP contribution in [0.3, 0.4) is 0 Å². The summed E-state index contributed by atoms with van der Waals surface area (Å²) in [4.78, 5) is 14.8. The topological polar surface area (TPSA) is 41.5 Å². The van der Waals surface area contributed by atoms with Gasteiger partial charge >= 0.3 is 0 Å². The van der Waals surface area contributed by atoms with Crippen LogP contribution in [0.1, 0.15) is 5.56 Å². The van der Waals surface area contributed by atoms with Crippen molar-refractivity contribution in [2.24, 2.45) is 0 Å². The van der Waals surface area contributed by atoms with E-state index in [9.17, 15) is 0 Å². The second-order valence-electron chi connectivity index (χ2n) is 8.30. The molecule has 0 atom stereocenters. The lowest BCUT2D eigenvalue weighted by atomic mass is 9.98. The Kier molecular flexibility index (Phi) is 5.11. The van der Waals surface area contributed by atoms with Gasteiger partial charge in [0.25, 0.3) is 0 Å². The van der Waals surface area contributed by atoms with Crippen LogP contribution in [-0.2, 0) is 6.61 Å². The second kappa shape index (κ2) is 8.41. The number of hydrogen-bond acceptors (Lipinski definition) is 5. The van der Waals surface area contributed by atoms with E-state index in [0.717, 1.165) is 66.0 Å². The van der Waals surface area contributed by atoms with Crippen LogP contribution in [0, 0.1) is 0 Å². The van der Waals surface area contributed by atoms with Crippen molar-refractivity contribution in [3.63, 3.8) is 0 Å². The van der Waals surface area contributed by atoms with Crippen LogP contribution in [0.2, 0.25) is 5.02 Å². The summed E-state index contributed by atoms with van der Waals surface area (Å²) in [6.45, 7) is 4.02. The average molecular weight is 455 g/mol. The van der Waals surface area contributed by atoms with Crippen molar-refractivity contribution in [3.8, 4) is 28.3 Å².